The molecule has 2 N–H and O–H groups in total. The standard InChI is InChI=1S/C12H17NO2/c1-3-6-13-12(15)11-7-10(8-14)5-4-9(11)2/h4-5,7,14H,3,6,8H2,1-2H3,(H,13,15). The largest absolute Gasteiger partial charge is 0.392 e. The Morgan fingerprint density at radius 3 is 2.80 bits per heavy atom. The van der Waals surface area contributed by atoms with Crippen molar-refractivity contribution in [1.29, 1.82) is 0 Å². The van der Waals surface area contributed by atoms with Gasteiger partial charge in [-0.1, -0.05) is 19.1 Å². The van der Waals surface area contributed by atoms with Crippen molar-refractivity contribution in [2.24, 2.45) is 0 Å². The van der Waals surface area contributed by atoms with E-state index >= 15 is 0 Å². The lowest BCUT2D eigenvalue weighted by Gasteiger charge is -2.08. The van der Waals surface area contributed by atoms with Gasteiger partial charge in [-0.05, 0) is 30.5 Å². The zero-order valence-corrected chi connectivity index (χ0v) is 9.21. The molecule has 1 aromatic carbocycles. The van der Waals surface area contributed by atoms with Crippen molar-refractivity contribution in [3.8, 4) is 0 Å². The molecule has 0 aliphatic carbocycles. The van der Waals surface area contributed by atoms with Gasteiger partial charge in [-0.25, -0.2) is 0 Å². The molecule has 0 aliphatic heterocycles. The summed E-state index contributed by atoms with van der Waals surface area (Å²) in [6.07, 6.45) is 0.921. The highest BCUT2D eigenvalue weighted by Crippen LogP contribution is 2.11. The molecule has 0 aromatic heterocycles. The summed E-state index contributed by atoms with van der Waals surface area (Å²) in [6, 6.07) is 5.42. The Hall–Kier alpha value is -1.35. The van der Waals surface area contributed by atoms with Gasteiger partial charge >= 0.3 is 0 Å². The fourth-order valence-corrected chi connectivity index (χ4v) is 1.35. The van der Waals surface area contributed by atoms with Crippen molar-refractivity contribution < 1.29 is 9.90 Å². The Balaban J connectivity index is 2.86. The maximum absolute atomic E-state index is 11.7. The van der Waals surface area contributed by atoms with Gasteiger partial charge < -0.3 is 10.4 Å². The highest BCUT2D eigenvalue weighted by Gasteiger charge is 2.08. The van der Waals surface area contributed by atoms with Crippen LogP contribution in [0.2, 0.25) is 0 Å². The number of amides is 1. The quantitative estimate of drug-likeness (QED) is 0.788. The summed E-state index contributed by atoms with van der Waals surface area (Å²) in [5, 5.41) is 11.8. The highest BCUT2D eigenvalue weighted by molar-refractivity contribution is 5.95. The summed E-state index contributed by atoms with van der Waals surface area (Å²) in [6.45, 7) is 4.55. The number of aliphatic hydroxyl groups is 1. The van der Waals surface area contributed by atoms with Crippen LogP contribution < -0.4 is 5.32 Å². The fraction of sp³-hybridized carbons (Fsp3) is 0.417. The SMILES string of the molecule is CCCNC(=O)c1cc(CO)ccc1C. The second-order valence-electron chi connectivity index (χ2n) is 3.56. The van der Waals surface area contributed by atoms with Crippen molar-refractivity contribution in [2.75, 3.05) is 6.54 Å². The molecule has 3 heteroatoms. The summed E-state index contributed by atoms with van der Waals surface area (Å²) in [5.41, 5.74) is 2.35. The van der Waals surface area contributed by atoms with Gasteiger partial charge in [0.2, 0.25) is 0 Å². The predicted molar refractivity (Wildman–Crippen MR) is 59.7 cm³/mol. The lowest BCUT2D eigenvalue weighted by Crippen LogP contribution is -2.24. The average Bonchev–Trinajstić information content (AvgIpc) is 2.26. The molecule has 0 unspecified atom stereocenters. The molecule has 0 spiro atoms. The molecule has 3 nitrogen and oxygen atoms in total. The summed E-state index contributed by atoms with van der Waals surface area (Å²) >= 11 is 0. The number of hydrogen-bond donors (Lipinski definition) is 2. The van der Waals surface area contributed by atoms with Gasteiger partial charge in [0, 0.05) is 12.1 Å². The van der Waals surface area contributed by atoms with Crippen LogP contribution in [0, 0.1) is 6.92 Å². The molecule has 1 amide bonds. The lowest BCUT2D eigenvalue weighted by molar-refractivity contribution is 0.0953. The summed E-state index contributed by atoms with van der Waals surface area (Å²) in [7, 11) is 0. The number of hydrogen-bond acceptors (Lipinski definition) is 2. The number of carbonyl (C=O) groups is 1. The second-order valence-corrected chi connectivity index (χ2v) is 3.56. The number of benzene rings is 1. The second kappa shape index (κ2) is 5.51. The molecule has 1 aromatic rings. The predicted octanol–water partition coefficient (Wildman–Crippen LogP) is 1.63. The smallest absolute Gasteiger partial charge is 0.251 e. The van der Waals surface area contributed by atoms with Gasteiger partial charge in [-0.2, -0.15) is 0 Å². The van der Waals surface area contributed by atoms with Gasteiger partial charge in [-0.3, -0.25) is 4.79 Å². The van der Waals surface area contributed by atoms with Crippen LogP contribution >= 0.6 is 0 Å². The molecule has 15 heavy (non-hydrogen) atoms. The summed E-state index contributed by atoms with van der Waals surface area (Å²) in [4.78, 5) is 11.7. The molecule has 82 valence electrons. The zero-order valence-electron chi connectivity index (χ0n) is 9.21. The first-order chi connectivity index (χ1) is 7.19. The number of aliphatic hydroxyl groups excluding tert-OH is 1. The Labute approximate surface area is 90.1 Å². The average molecular weight is 207 g/mol. The number of rotatable bonds is 4. The maximum atomic E-state index is 11.7. The Kier molecular flexibility index (Phi) is 4.31. The van der Waals surface area contributed by atoms with Crippen LogP contribution in [0.25, 0.3) is 0 Å². The first kappa shape index (κ1) is 11.7. The Bertz CT molecular complexity index is 347. The van der Waals surface area contributed by atoms with E-state index in [1.54, 1.807) is 6.07 Å². The van der Waals surface area contributed by atoms with Crippen molar-refractivity contribution in [3.63, 3.8) is 0 Å². The van der Waals surface area contributed by atoms with Gasteiger partial charge in [0.1, 0.15) is 0 Å². The van der Waals surface area contributed by atoms with Gasteiger partial charge in [0.15, 0.2) is 0 Å². The zero-order chi connectivity index (χ0) is 11.3. The molecule has 0 radical (unpaired) electrons. The molecular formula is C12H17NO2. The van der Waals surface area contributed by atoms with Crippen LogP contribution in [0.5, 0.6) is 0 Å². The summed E-state index contributed by atoms with van der Waals surface area (Å²) in [5.74, 6) is -0.0651. The van der Waals surface area contributed by atoms with E-state index in [-0.39, 0.29) is 12.5 Å². The maximum Gasteiger partial charge on any atom is 0.251 e. The van der Waals surface area contributed by atoms with E-state index in [0.29, 0.717) is 12.1 Å². The van der Waals surface area contributed by atoms with Crippen LogP contribution in [0.15, 0.2) is 18.2 Å². The minimum absolute atomic E-state index is 0.0334. The van der Waals surface area contributed by atoms with Crippen molar-refractivity contribution in [1.82, 2.24) is 5.32 Å². The first-order valence-corrected chi connectivity index (χ1v) is 5.17. The van der Waals surface area contributed by atoms with Gasteiger partial charge in [0.25, 0.3) is 5.91 Å². The van der Waals surface area contributed by atoms with Crippen molar-refractivity contribution >= 4 is 5.91 Å². The molecule has 1 rings (SSSR count). The minimum atomic E-state index is -0.0651. The van der Waals surface area contributed by atoms with Crippen molar-refractivity contribution in [2.45, 2.75) is 26.9 Å². The topological polar surface area (TPSA) is 49.3 Å². The van der Waals surface area contributed by atoms with E-state index in [9.17, 15) is 4.79 Å². The van der Waals surface area contributed by atoms with Crippen LogP contribution in [0.3, 0.4) is 0 Å². The number of nitrogens with one attached hydrogen (secondary N) is 1. The molecular weight excluding hydrogens is 190 g/mol. The molecule has 0 aliphatic rings. The summed E-state index contributed by atoms with van der Waals surface area (Å²) < 4.78 is 0. The molecule has 0 atom stereocenters. The number of carbonyl (C=O) groups excluding carboxylic acids is 1. The molecule has 0 bridgehead atoms. The number of aryl methyl sites for hydroxylation is 1. The van der Waals surface area contributed by atoms with Crippen LogP contribution in [-0.2, 0) is 6.61 Å². The molecule has 0 fully saturated rings. The lowest BCUT2D eigenvalue weighted by atomic mass is 10.0. The third-order valence-corrected chi connectivity index (χ3v) is 2.26. The Morgan fingerprint density at radius 1 is 1.47 bits per heavy atom. The third-order valence-electron chi connectivity index (χ3n) is 2.26. The Morgan fingerprint density at radius 2 is 2.20 bits per heavy atom. The van der Waals surface area contributed by atoms with E-state index in [2.05, 4.69) is 5.32 Å². The first-order valence-electron chi connectivity index (χ1n) is 5.17. The highest BCUT2D eigenvalue weighted by atomic mass is 16.3. The normalized spacial score (nSPS) is 10.1. The van der Waals surface area contributed by atoms with Crippen LogP contribution in [-0.4, -0.2) is 17.6 Å². The van der Waals surface area contributed by atoms with E-state index < -0.39 is 0 Å². The van der Waals surface area contributed by atoms with Gasteiger partial charge in [0.05, 0.1) is 6.61 Å². The monoisotopic (exact) mass is 207 g/mol. The van der Waals surface area contributed by atoms with E-state index in [0.717, 1.165) is 17.5 Å². The van der Waals surface area contributed by atoms with Crippen molar-refractivity contribution in [3.05, 3.63) is 34.9 Å². The third kappa shape index (κ3) is 3.06. The fourth-order valence-electron chi connectivity index (χ4n) is 1.35. The molecule has 0 heterocycles. The van der Waals surface area contributed by atoms with Crippen LogP contribution in [0.4, 0.5) is 0 Å². The molecule has 0 saturated carbocycles. The van der Waals surface area contributed by atoms with Crippen LogP contribution in [0.1, 0.15) is 34.8 Å². The molecule has 0 saturated heterocycles. The van der Waals surface area contributed by atoms with E-state index in [4.69, 9.17) is 5.11 Å². The van der Waals surface area contributed by atoms with Gasteiger partial charge in [-0.15, -0.1) is 0 Å². The van der Waals surface area contributed by atoms with E-state index in [1.165, 1.54) is 0 Å². The van der Waals surface area contributed by atoms with E-state index in [1.807, 2.05) is 26.0 Å². The minimum Gasteiger partial charge on any atom is -0.392 e.